The molecule has 1 aromatic carbocycles. The Bertz CT molecular complexity index is 1630. The summed E-state index contributed by atoms with van der Waals surface area (Å²) in [4.78, 5) is 38.7. The molecule has 3 aromatic heterocycles. The summed E-state index contributed by atoms with van der Waals surface area (Å²) < 4.78 is 3.09. The van der Waals surface area contributed by atoms with Crippen molar-refractivity contribution in [3.8, 4) is 16.8 Å². The van der Waals surface area contributed by atoms with Gasteiger partial charge in [-0.2, -0.15) is 5.10 Å². The SMILES string of the molecule is O=C(C1CC1)N1CCC(O)(Cn2cnc3c(cnn3-c3ccc(-c4ccc(N5CC[C@H](O)C5)nc4)cc3)c2=O)CC1. The molecule has 4 aromatic rings. The van der Waals surface area contributed by atoms with E-state index in [1.807, 2.05) is 47.5 Å². The zero-order chi connectivity index (χ0) is 28.1. The molecule has 1 atom stereocenters. The topological polar surface area (TPSA) is 130 Å². The van der Waals surface area contributed by atoms with Crippen molar-refractivity contribution in [3.63, 3.8) is 0 Å². The van der Waals surface area contributed by atoms with Crippen LogP contribution in [0.15, 0.2) is 59.9 Å². The van der Waals surface area contributed by atoms with Crippen molar-refractivity contribution in [2.45, 2.75) is 50.4 Å². The van der Waals surface area contributed by atoms with Gasteiger partial charge in [-0.1, -0.05) is 12.1 Å². The fraction of sp³-hybridized carbons (Fsp3) is 0.433. The normalized spacial score (nSPS) is 20.6. The molecule has 1 saturated carbocycles. The maximum absolute atomic E-state index is 13.3. The number of piperidine rings is 1. The van der Waals surface area contributed by atoms with E-state index in [0.29, 0.717) is 43.5 Å². The molecule has 11 heteroatoms. The summed E-state index contributed by atoms with van der Waals surface area (Å²) in [6.07, 6.45) is 8.11. The van der Waals surface area contributed by atoms with Crippen molar-refractivity contribution in [1.29, 1.82) is 0 Å². The number of benzene rings is 1. The summed E-state index contributed by atoms with van der Waals surface area (Å²) in [5.41, 5.74) is 1.89. The molecule has 3 aliphatic rings. The second-order valence-electron chi connectivity index (χ2n) is 11.6. The Balaban J connectivity index is 1.06. The monoisotopic (exact) mass is 555 g/mol. The average Bonchev–Trinajstić information content (AvgIpc) is 3.61. The fourth-order valence-electron chi connectivity index (χ4n) is 5.95. The molecule has 2 N–H and O–H groups in total. The van der Waals surface area contributed by atoms with E-state index >= 15 is 0 Å². The minimum Gasteiger partial charge on any atom is -0.391 e. The Morgan fingerprint density at radius 3 is 2.37 bits per heavy atom. The standard InChI is InChI=1S/C30H33N7O4/c38-24-9-12-35(17-24)26-8-5-22(15-31-26)20-3-6-23(7-4-20)37-27-25(16-33-37)29(40)36(19-32-27)18-30(41)10-13-34(14-11-30)28(39)21-1-2-21/h3-8,15-16,19,21,24,38,41H,1-2,9-14,17-18H2/t24-/m0/s1. The number of nitrogens with zero attached hydrogens (tertiary/aromatic N) is 7. The van der Waals surface area contributed by atoms with E-state index in [2.05, 4.69) is 20.0 Å². The Labute approximate surface area is 236 Å². The first kappa shape index (κ1) is 25.8. The highest BCUT2D eigenvalue weighted by Gasteiger charge is 2.39. The van der Waals surface area contributed by atoms with Crippen LogP contribution in [0.5, 0.6) is 0 Å². The average molecular weight is 556 g/mol. The van der Waals surface area contributed by atoms with Crippen LogP contribution in [-0.2, 0) is 11.3 Å². The van der Waals surface area contributed by atoms with Gasteiger partial charge in [0.25, 0.3) is 5.56 Å². The quantitative estimate of drug-likeness (QED) is 0.370. The van der Waals surface area contributed by atoms with Gasteiger partial charge in [0.2, 0.25) is 5.91 Å². The molecule has 2 aliphatic heterocycles. The van der Waals surface area contributed by atoms with Crippen LogP contribution in [0.3, 0.4) is 0 Å². The molecule has 2 saturated heterocycles. The smallest absolute Gasteiger partial charge is 0.264 e. The van der Waals surface area contributed by atoms with E-state index in [-0.39, 0.29) is 30.0 Å². The molecule has 212 valence electrons. The Morgan fingerprint density at radius 1 is 0.951 bits per heavy atom. The molecule has 3 fully saturated rings. The molecule has 1 amide bonds. The Kier molecular flexibility index (Phi) is 6.35. The van der Waals surface area contributed by atoms with Crippen LogP contribution >= 0.6 is 0 Å². The van der Waals surface area contributed by atoms with Crippen molar-refractivity contribution < 1.29 is 15.0 Å². The van der Waals surface area contributed by atoms with Crippen molar-refractivity contribution in [1.82, 2.24) is 29.2 Å². The van der Waals surface area contributed by atoms with Gasteiger partial charge in [0.1, 0.15) is 17.5 Å². The number of rotatable bonds is 6. The van der Waals surface area contributed by atoms with Crippen molar-refractivity contribution in [3.05, 3.63) is 65.5 Å². The lowest BCUT2D eigenvalue weighted by atomic mass is 9.91. The molecular formula is C30H33N7O4. The number of aromatic nitrogens is 5. The Hall–Kier alpha value is -4.09. The first-order valence-electron chi connectivity index (χ1n) is 14.3. The number of β-amino-alcohol motifs (C(OH)–C–C–N with tert-alkyl or cyclic N) is 1. The predicted octanol–water partition coefficient (Wildman–Crippen LogP) is 1.98. The number of pyridine rings is 1. The lowest BCUT2D eigenvalue weighted by Gasteiger charge is -2.38. The third-order valence-electron chi connectivity index (χ3n) is 8.63. The minimum absolute atomic E-state index is 0.130. The maximum Gasteiger partial charge on any atom is 0.264 e. The van der Waals surface area contributed by atoms with Gasteiger partial charge < -0.3 is 20.0 Å². The van der Waals surface area contributed by atoms with E-state index in [1.54, 1.807) is 4.68 Å². The van der Waals surface area contributed by atoms with Crippen LogP contribution in [0.2, 0.25) is 0 Å². The highest BCUT2D eigenvalue weighted by atomic mass is 16.3. The molecule has 0 radical (unpaired) electrons. The van der Waals surface area contributed by atoms with Gasteiger partial charge in [-0.3, -0.25) is 14.2 Å². The predicted molar refractivity (Wildman–Crippen MR) is 153 cm³/mol. The van der Waals surface area contributed by atoms with E-state index in [0.717, 1.165) is 48.4 Å². The maximum atomic E-state index is 13.3. The highest BCUT2D eigenvalue weighted by Crippen LogP contribution is 2.33. The van der Waals surface area contributed by atoms with Crippen molar-refractivity contribution in [2.24, 2.45) is 5.92 Å². The summed E-state index contributed by atoms with van der Waals surface area (Å²) >= 11 is 0. The van der Waals surface area contributed by atoms with Crippen molar-refractivity contribution >= 4 is 22.8 Å². The molecule has 0 bridgehead atoms. The third-order valence-corrected chi connectivity index (χ3v) is 8.63. The van der Waals surface area contributed by atoms with Gasteiger partial charge in [-0.15, -0.1) is 0 Å². The van der Waals surface area contributed by atoms with E-state index < -0.39 is 5.60 Å². The second-order valence-corrected chi connectivity index (χ2v) is 11.6. The second kappa shape index (κ2) is 10.1. The third kappa shape index (κ3) is 5.00. The molecular weight excluding hydrogens is 522 g/mol. The molecule has 41 heavy (non-hydrogen) atoms. The number of amides is 1. The number of hydrogen-bond acceptors (Lipinski definition) is 8. The van der Waals surface area contributed by atoms with E-state index in [4.69, 9.17) is 0 Å². The highest BCUT2D eigenvalue weighted by molar-refractivity contribution is 5.81. The number of fused-ring (bicyclic) bond motifs is 1. The van der Waals surface area contributed by atoms with Crippen LogP contribution in [0.4, 0.5) is 5.82 Å². The van der Waals surface area contributed by atoms with E-state index in [1.165, 1.54) is 17.1 Å². The summed E-state index contributed by atoms with van der Waals surface area (Å²) in [6, 6.07) is 11.8. The molecule has 0 unspecified atom stereocenters. The van der Waals surface area contributed by atoms with Crippen LogP contribution in [-0.4, -0.2) is 83.2 Å². The van der Waals surface area contributed by atoms with Crippen LogP contribution in [0, 0.1) is 5.92 Å². The number of anilines is 1. The largest absolute Gasteiger partial charge is 0.391 e. The number of carbonyl (C=O) groups excluding carboxylic acids is 1. The zero-order valence-electron chi connectivity index (χ0n) is 22.8. The molecule has 0 spiro atoms. The van der Waals surface area contributed by atoms with Crippen LogP contribution < -0.4 is 10.5 Å². The fourth-order valence-corrected chi connectivity index (χ4v) is 5.95. The number of likely N-dealkylation sites (tertiary alicyclic amines) is 1. The van der Waals surface area contributed by atoms with Gasteiger partial charge in [0, 0.05) is 43.9 Å². The first-order chi connectivity index (χ1) is 19.9. The summed E-state index contributed by atoms with van der Waals surface area (Å²) in [5, 5.41) is 25.8. The van der Waals surface area contributed by atoms with Gasteiger partial charge in [-0.25, -0.2) is 14.6 Å². The van der Waals surface area contributed by atoms with Crippen molar-refractivity contribution in [2.75, 3.05) is 31.1 Å². The molecule has 1 aliphatic carbocycles. The van der Waals surface area contributed by atoms with E-state index in [9.17, 15) is 19.8 Å². The number of aliphatic hydroxyl groups excluding tert-OH is 1. The lowest BCUT2D eigenvalue weighted by molar-refractivity contribution is -0.137. The van der Waals surface area contributed by atoms with Crippen LogP contribution in [0.1, 0.15) is 32.1 Å². The van der Waals surface area contributed by atoms with Gasteiger partial charge in [0.15, 0.2) is 5.65 Å². The number of carbonyl (C=O) groups is 1. The number of hydrogen-bond donors (Lipinski definition) is 2. The van der Waals surface area contributed by atoms with Gasteiger partial charge >= 0.3 is 0 Å². The molecule has 7 rings (SSSR count). The molecule has 11 nitrogen and oxygen atoms in total. The Morgan fingerprint density at radius 2 is 1.71 bits per heavy atom. The first-order valence-corrected chi connectivity index (χ1v) is 14.3. The summed E-state index contributed by atoms with van der Waals surface area (Å²) in [7, 11) is 0. The minimum atomic E-state index is -1.06. The zero-order valence-corrected chi connectivity index (χ0v) is 22.8. The molecule has 5 heterocycles. The summed E-state index contributed by atoms with van der Waals surface area (Å²) in [5.74, 6) is 1.23. The van der Waals surface area contributed by atoms with Gasteiger partial charge in [-0.05, 0) is 61.9 Å². The summed E-state index contributed by atoms with van der Waals surface area (Å²) in [6.45, 7) is 2.56. The lowest BCUT2D eigenvalue weighted by Crippen LogP contribution is -2.50. The van der Waals surface area contributed by atoms with Gasteiger partial charge in [0.05, 0.1) is 30.1 Å². The number of aliphatic hydroxyl groups is 2. The van der Waals surface area contributed by atoms with Crippen LogP contribution in [0.25, 0.3) is 27.8 Å².